The fraction of sp³-hybridized carbons (Fsp3) is 0.393. The van der Waals surface area contributed by atoms with Crippen molar-refractivity contribution in [3.63, 3.8) is 0 Å². The molecule has 2 rings (SSSR count). The Morgan fingerprint density at radius 3 is 2.03 bits per heavy atom. The second-order valence-electron chi connectivity index (χ2n) is 8.04. The van der Waals surface area contributed by atoms with Crippen LogP contribution in [0, 0.1) is 0 Å². The molecular weight excluding hydrogens is 414 g/mol. The van der Waals surface area contributed by atoms with Gasteiger partial charge in [-0.05, 0) is 48.6 Å². The maximum absolute atomic E-state index is 11.8. The minimum absolute atomic E-state index is 0.342. The van der Waals surface area contributed by atoms with Crippen LogP contribution in [0.5, 0.6) is 5.75 Å². The molecule has 0 aliphatic heterocycles. The predicted octanol–water partition coefficient (Wildman–Crippen LogP) is 5.90. The third-order valence-corrected chi connectivity index (χ3v) is 5.32. The van der Waals surface area contributed by atoms with Gasteiger partial charge >= 0.3 is 11.9 Å². The molecule has 0 saturated carbocycles. The van der Waals surface area contributed by atoms with E-state index in [1.54, 1.807) is 30.3 Å². The van der Waals surface area contributed by atoms with Gasteiger partial charge in [-0.3, -0.25) is 0 Å². The molecule has 0 aliphatic carbocycles. The number of nitrogens with one attached hydrogen (secondary N) is 1. The molecule has 0 spiro atoms. The van der Waals surface area contributed by atoms with Crippen LogP contribution < -0.4 is 9.72 Å². The quantitative estimate of drug-likeness (QED) is 0.138. The molecule has 0 radical (unpaired) electrons. The van der Waals surface area contributed by atoms with E-state index in [1.165, 1.54) is 63.0 Å². The van der Waals surface area contributed by atoms with Gasteiger partial charge in [-0.2, -0.15) is 0 Å². The summed E-state index contributed by atoms with van der Waals surface area (Å²) >= 11 is 0. The Morgan fingerprint density at radius 2 is 1.39 bits per heavy atom. The molecule has 176 valence electrons. The minimum Gasteiger partial charge on any atom is -0.463 e. The number of esters is 2. The molecule has 0 unspecified atom stereocenters. The summed E-state index contributed by atoms with van der Waals surface area (Å²) in [6, 6.07) is 11.2. The Labute approximate surface area is 197 Å². The Balaban J connectivity index is 1.42. The molecule has 2 aromatic rings. The van der Waals surface area contributed by atoms with Crippen LogP contribution in [-0.2, 0) is 20.7 Å². The zero-order chi connectivity index (χ0) is 23.6. The fourth-order valence-electron chi connectivity index (χ4n) is 3.45. The average Bonchev–Trinajstić information content (AvgIpc) is 2.84. The number of hydrogen-bond acceptors (Lipinski definition) is 4. The normalized spacial score (nSPS) is 10.8. The zero-order valence-electron chi connectivity index (χ0n) is 19.5. The summed E-state index contributed by atoms with van der Waals surface area (Å²) < 4.78 is 10.3. The third-order valence-electron chi connectivity index (χ3n) is 5.32. The summed E-state index contributed by atoms with van der Waals surface area (Å²) in [5, 5.41) is 0. The van der Waals surface area contributed by atoms with E-state index in [0.717, 1.165) is 24.5 Å². The number of hydrogen-bond donors (Lipinski definition) is 0. The molecule has 33 heavy (non-hydrogen) atoms. The maximum Gasteiger partial charge on any atom is 0.335 e. The summed E-state index contributed by atoms with van der Waals surface area (Å²) in [6.45, 7) is 3.81. The fourth-order valence-corrected chi connectivity index (χ4v) is 3.45. The van der Waals surface area contributed by atoms with Crippen LogP contribution in [0.25, 0.3) is 6.08 Å². The van der Waals surface area contributed by atoms with Crippen LogP contribution in [0.2, 0.25) is 0 Å². The molecule has 1 aromatic carbocycles. The van der Waals surface area contributed by atoms with Crippen molar-refractivity contribution in [1.29, 1.82) is 0 Å². The minimum atomic E-state index is -0.504. The van der Waals surface area contributed by atoms with Crippen LogP contribution in [-0.4, -0.2) is 18.5 Å². The van der Waals surface area contributed by atoms with E-state index in [4.69, 9.17) is 9.47 Å². The van der Waals surface area contributed by atoms with E-state index in [9.17, 15) is 9.59 Å². The first kappa shape index (κ1) is 26.0. The van der Waals surface area contributed by atoms with Gasteiger partial charge in [0.05, 0.1) is 6.61 Å². The van der Waals surface area contributed by atoms with Gasteiger partial charge in [0.25, 0.3) is 0 Å². The Bertz CT molecular complexity index is 859. The summed E-state index contributed by atoms with van der Waals surface area (Å²) in [6.07, 6.45) is 20.2. The first-order valence-electron chi connectivity index (χ1n) is 11.9. The van der Waals surface area contributed by atoms with Crippen molar-refractivity contribution in [2.45, 2.75) is 64.2 Å². The largest absolute Gasteiger partial charge is 0.463 e. The molecule has 0 atom stereocenters. The van der Waals surface area contributed by atoms with Crippen molar-refractivity contribution in [1.82, 2.24) is 0 Å². The highest BCUT2D eigenvalue weighted by Crippen LogP contribution is 2.14. The van der Waals surface area contributed by atoms with Gasteiger partial charge in [-0.15, -0.1) is 0 Å². The van der Waals surface area contributed by atoms with Crippen LogP contribution in [0.1, 0.15) is 68.9 Å². The summed E-state index contributed by atoms with van der Waals surface area (Å²) in [7, 11) is 0. The number of pyridine rings is 1. The lowest BCUT2D eigenvalue weighted by Crippen LogP contribution is -2.03. The topological polar surface area (TPSA) is 66.7 Å². The first-order valence-corrected chi connectivity index (χ1v) is 11.9. The second kappa shape index (κ2) is 16.4. The van der Waals surface area contributed by atoms with Crippen LogP contribution in [0.4, 0.5) is 0 Å². The van der Waals surface area contributed by atoms with Crippen molar-refractivity contribution < 1.29 is 24.0 Å². The van der Waals surface area contributed by atoms with E-state index in [0.29, 0.717) is 12.4 Å². The molecule has 0 fully saturated rings. The number of unbranched alkanes of at least 4 members (excludes halogenated alkanes) is 8. The number of ether oxygens (including phenoxy) is 2. The molecule has 1 heterocycles. The highest BCUT2D eigenvalue weighted by Gasteiger charge is 2.01. The lowest BCUT2D eigenvalue weighted by atomic mass is 10.0. The molecule has 5 heteroatoms. The highest BCUT2D eigenvalue weighted by molar-refractivity contribution is 5.87. The van der Waals surface area contributed by atoms with Gasteiger partial charge in [-0.1, -0.05) is 63.7 Å². The highest BCUT2D eigenvalue weighted by atomic mass is 16.5. The van der Waals surface area contributed by atoms with E-state index in [-0.39, 0.29) is 5.97 Å². The van der Waals surface area contributed by atoms with Crippen LogP contribution >= 0.6 is 0 Å². The molecule has 0 amide bonds. The van der Waals surface area contributed by atoms with Crippen molar-refractivity contribution in [2.24, 2.45) is 0 Å². The van der Waals surface area contributed by atoms with Crippen molar-refractivity contribution >= 4 is 18.0 Å². The van der Waals surface area contributed by atoms with E-state index < -0.39 is 5.97 Å². The molecule has 1 aromatic heterocycles. The average molecular weight is 451 g/mol. The molecule has 1 N–H and O–H groups in total. The SMILES string of the molecule is C=CC(=O)Oc1ccc(/C=C/C(=O)OCCCCCCCCCCCc2cc[nH+]cc2)cc1. The Morgan fingerprint density at radius 1 is 0.788 bits per heavy atom. The number of H-pyrrole nitrogens is 1. The molecule has 5 nitrogen and oxygen atoms in total. The van der Waals surface area contributed by atoms with Crippen LogP contribution in [0.15, 0.2) is 67.5 Å². The summed E-state index contributed by atoms with van der Waals surface area (Å²) in [5.74, 6) is -0.414. The maximum atomic E-state index is 11.8. The number of carbonyl (C=O) groups is 2. The number of aromatic amines is 1. The van der Waals surface area contributed by atoms with Gasteiger partial charge in [-0.25, -0.2) is 14.6 Å². The number of benzene rings is 1. The van der Waals surface area contributed by atoms with E-state index in [1.807, 2.05) is 12.4 Å². The molecule has 0 bridgehead atoms. The Hall–Kier alpha value is -3.21. The molecule has 0 saturated heterocycles. The van der Waals surface area contributed by atoms with E-state index >= 15 is 0 Å². The zero-order valence-corrected chi connectivity index (χ0v) is 19.5. The monoisotopic (exact) mass is 450 g/mol. The van der Waals surface area contributed by atoms with Crippen LogP contribution in [0.3, 0.4) is 0 Å². The smallest absolute Gasteiger partial charge is 0.335 e. The Kier molecular flexibility index (Phi) is 13.0. The number of aromatic nitrogens is 1. The number of aryl methyl sites for hydroxylation is 1. The van der Waals surface area contributed by atoms with Gasteiger partial charge in [0, 0.05) is 24.3 Å². The van der Waals surface area contributed by atoms with Crippen molar-refractivity contribution in [2.75, 3.05) is 6.61 Å². The van der Waals surface area contributed by atoms with Gasteiger partial charge < -0.3 is 9.47 Å². The number of rotatable bonds is 16. The lowest BCUT2D eigenvalue weighted by Gasteiger charge is -2.04. The molecular formula is C28H36NO4+. The van der Waals surface area contributed by atoms with E-state index in [2.05, 4.69) is 23.7 Å². The standard InChI is InChI=1S/C28H35NO4/c1-2-27(30)33-26-16-13-25(14-17-26)15-18-28(31)32-23-11-9-7-5-3-4-6-8-10-12-24-19-21-29-22-20-24/h2,13-22H,1,3-12,23H2/p+1/b18-15+. The summed E-state index contributed by atoms with van der Waals surface area (Å²) in [5.41, 5.74) is 2.23. The van der Waals surface area contributed by atoms with Gasteiger partial charge in [0.15, 0.2) is 12.4 Å². The number of carbonyl (C=O) groups excluding carboxylic acids is 2. The second-order valence-corrected chi connectivity index (χ2v) is 8.04. The third kappa shape index (κ3) is 12.4. The van der Waals surface area contributed by atoms with Gasteiger partial charge in [0.2, 0.25) is 0 Å². The predicted molar refractivity (Wildman–Crippen MR) is 131 cm³/mol. The first-order chi connectivity index (χ1) is 16.2. The lowest BCUT2D eigenvalue weighted by molar-refractivity contribution is -0.378. The van der Waals surface area contributed by atoms with Crippen molar-refractivity contribution in [3.05, 3.63) is 78.6 Å². The van der Waals surface area contributed by atoms with Crippen molar-refractivity contribution in [3.8, 4) is 5.75 Å². The molecule has 0 aliphatic rings. The summed E-state index contributed by atoms with van der Waals surface area (Å²) in [4.78, 5) is 26.0. The van der Waals surface area contributed by atoms with Gasteiger partial charge in [0.1, 0.15) is 5.75 Å².